The van der Waals surface area contributed by atoms with Gasteiger partial charge in [-0.05, 0) is 90.0 Å². The third-order valence-electron chi connectivity index (χ3n) is 8.40. The Bertz CT molecular complexity index is 1260. The molecule has 2 fully saturated rings. The number of carbonyl (C=O) groups excluding carboxylic acids is 1. The number of amides is 1. The van der Waals surface area contributed by atoms with E-state index in [4.69, 9.17) is 9.47 Å². The van der Waals surface area contributed by atoms with Crippen LogP contribution in [0.15, 0.2) is 66.7 Å². The maximum Gasteiger partial charge on any atom is 0.251 e. The van der Waals surface area contributed by atoms with Crippen molar-refractivity contribution in [2.24, 2.45) is 17.8 Å². The van der Waals surface area contributed by atoms with Crippen LogP contribution < -0.4 is 20.1 Å². The normalized spacial score (nSPS) is 27.6. The van der Waals surface area contributed by atoms with Gasteiger partial charge in [0.1, 0.15) is 0 Å². The molecule has 2 aliphatic heterocycles. The topological polar surface area (TPSA) is 59.6 Å². The largest absolute Gasteiger partial charge is 0.454 e. The van der Waals surface area contributed by atoms with E-state index in [1.165, 1.54) is 36.1 Å². The van der Waals surface area contributed by atoms with Gasteiger partial charge in [-0.15, -0.1) is 0 Å². The first-order chi connectivity index (χ1) is 16.7. The summed E-state index contributed by atoms with van der Waals surface area (Å²) in [7, 11) is 0. The number of hydrogen-bond acceptors (Lipinski definition) is 4. The van der Waals surface area contributed by atoms with Crippen molar-refractivity contribution in [2.45, 2.75) is 37.8 Å². The van der Waals surface area contributed by atoms with Gasteiger partial charge in [0, 0.05) is 17.8 Å². The number of ether oxygens (including phenoxy) is 2. The highest BCUT2D eigenvalue weighted by Gasteiger charge is 2.53. The minimum absolute atomic E-state index is 0.0367. The number of hydrogen-bond donors (Lipinski definition) is 2. The molecule has 0 aromatic heterocycles. The Kier molecular flexibility index (Phi) is 4.57. The van der Waals surface area contributed by atoms with Gasteiger partial charge in [-0.2, -0.15) is 0 Å². The fourth-order valence-electron chi connectivity index (χ4n) is 6.95. The molecule has 4 aliphatic rings. The van der Waals surface area contributed by atoms with E-state index < -0.39 is 0 Å². The van der Waals surface area contributed by atoms with Gasteiger partial charge in [0.05, 0.1) is 6.04 Å². The molecule has 2 N–H and O–H groups in total. The van der Waals surface area contributed by atoms with Crippen LogP contribution in [0.1, 0.15) is 58.3 Å². The van der Waals surface area contributed by atoms with Crippen molar-refractivity contribution in [2.75, 3.05) is 12.1 Å². The van der Waals surface area contributed by atoms with Gasteiger partial charge in [0.2, 0.25) is 6.79 Å². The van der Waals surface area contributed by atoms with E-state index in [0.29, 0.717) is 24.4 Å². The molecule has 3 aromatic carbocycles. The summed E-state index contributed by atoms with van der Waals surface area (Å²) in [5.74, 6) is 4.08. The third kappa shape index (κ3) is 3.17. The summed E-state index contributed by atoms with van der Waals surface area (Å²) in [4.78, 5) is 13.1. The van der Waals surface area contributed by atoms with Gasteiger partial charge in [0.25, 0.3) is 5.91 Å². The lowest BCUT2D eigenvalue weighted by molar-refractivity contribution is 0.0950. The smallest absolute Gasteiger partial charge is 0.251 e. The molecule has 3 aromatic rings. The van der Waals surface area contributed by atoms with E-state index in [1.54, 1.807) is 0 Å². The molecule has 0 unspecified atom stereocenters. The van der Waals surface area contributed by atoms with E-state index in [2.05, 4.69) is 53.1 Å². The second-order valence-corrected chi connectivity index (χ2v) is 10.1. The molecular formula is C29H28N2O3. The van der Waals surface area contributed by atoms with Crippen LogP contribution in [0.2, 0.25) is 0 Å². The maximum absolute atomic E-state index is 13.1. The predicted molar refractivity (Wildman–Crippen MR) is 130 cm³/mol. The molecule has 1 amide bonds. The molecule has 5 heteroatoms. The van der Waals surface area contributed by atoms with Crippen molar-refractivity contribution in [1.82, 2.24) is 5.32 Å². The van der Waals surface area contributed by atoms with Gasteiger partial charge in [-0.1, -0.05) is 36.4 Å². The van der Waals surface area contributed by atoms with E-state index >= 15 is 0 Å². The number of carbonyl (C=O) groups is 1. The lowest BCUT2D eigenvalue weighted by Crippen LogP contribution is -2.35. The van der Waals surface area contributed by atoms with Crippen LogP contribution in [0.4, 0.5) is 5.69 Å². The standard InChI is InChI=1S/C29H28N2O3/c32-29(30-15-17-6-11-24-25(12-17)34-16-33-24)21-9-10-23-22(14-21)26-19-7-8-20(13-19)27(26)28(31-23)18-4-2-1-3-5-18/h1-6,9-12,14,19-20,26-28,31H,7-8,13,15-16H2,(H,30,32)/t19-,20-,26-,27-,28-/m0/s1. The predicted octanol–water partition coefficient (Wildman–Crippen LogP) is 5.64. The molecule has 34 heavy (non-hydrogen) atoms. The minimum Gasteiger partial charge on any atom is -0.454 e. The first-order valence-electron chi connectivity index (χ1n) is 12.4. The fourth-order valence-corrected chi connectivity index (χ4v) is 6.95. The van der Waals surface area contributed by atoms with Gasteiger partial charge < -0.3 is 20.1 Å². The molecule has 0 spiro atoms. The quantitative estimate of drug-likeness (QED) is 0.538. The Morgan fingerprint density at radius 1 is 0.941 bits per heavy atom. The summed E-state index contributed by atoms with van der Waals surface area (Å²) < 4.78 is 10.8. The average molecular weight is 453 g/mol. The molecule has 7 rings (SSSR count). The lowest BCUT2D eigenvalue weighted by atomic mass is 9.68. The number of anilines is 1. The van der Waals surface area contributed by atoms with Crippen molar-refractivity contribution in [3.63, 3.8) is 0 Å². The molecule has 2 saturated carbocycles. The minimum atomic E-state index is -0.0367. The fraction of sp³-hybridized carbons (Fsp3) is 0.345. The molecule has 0 radical (unpaired) electrons. The highest BCUT2D eigenvalue weighted by Crippen LogP contribution is 2.63. The molecule has 0 saturated heterocycles. The summed E-state index contributed by atoms with van der Waals surface area (Å²) in [6.07, 6.45) is 3.97. The van der Waals surface area contributed by atoms with Crippen LogP contribution in [-0.2, 0) is 6.54 Å². The Hall–Kier alpha value is -3.47. The Morgan fingerprint density at radius 3 is 2.71 bits per heavy atom. The SMILES string of the molecule is O=C(NCc1ccc2c(c1)OCO2)c1ccc2c(c1)[C@@H]1[C@H]3CC[C@@H](C3)[C@@H]1[C@H](c1ccccc1)N2. The zero-order valence-electron chi connectivity index (χ0n) is 19.0. The summed E-state index contributed by atoms with van der Waals surface area (Å²) in [6, 6.07) is 23.2. The number of benzene rings is 3. The Balaban J connectivity index is 1.15. The molecule has 2 aliphatic carbocycles. The van der Waals surface area contributed by atoms with Gasteiger partial charge in [0.15, 0.2) is 11.5 Å². The first-order valence-corrected chi connectivity index (χ1v) is 12.4. The summed E-state index contributed by atoms with van der Waals surface area (Å²) in [5, 5.41) is 6.95. The van der Waals surface area contributed by atoms with Crippen LogP contribution in [0.3, 0.4) is 0 Å². The van der Waals surface area contributed by atoms with Gasteiger partial charge in [-0.3, -0.25) is 4.79 Å². The van der Waals surface area contributed by atoms with Crippen LogP contribution in [0, 0.1) is 17.8 Å². The third-order valence-corrected chi connectivity index (χ3v) is 8.40. The monoisotopic (exact) mass is 452 g/mol. The molecular weight excluding hydrogens is 424 g/mol. The van der Waals surface area contributed by atoms with Gasteiger partial charge in [-0.25, -0.2) is 0 Å². The van der Waals surface area contributed by atoms with Crippen molar-refractivity contribution < 1.29 is 14.3 Å². The number of fused-ring (bicyclic) bond motifs is 8. The highest BCUT2D eigenvalue weighted by atomic mass is 16.7. The van der Waals surface area contributed by atoms with Crippen LogP contribution in [-0.4, -0.2) is 12.7 Å². The second-order valence-electron chi connectivity index (χ2n) is 10.1. The first kappa shape index (κ1) is 20.0. The van der Waals surface area contributed by atoms with Crippen molar-refractivity contribution in [1.29, 1.82) is 0 Å². The van der Waals surface area contributed by atoms with Crippen LogP contribution in [0.25, 0.3) is 0 Å². The Morgan fingerprint density at radius 2 is 1.79 bits per heavy atom. The molecule has 2 heterocycles. The van der Waals surface area contributed by atoms with E-state index in [-0.39, 0.29) is 12.7 Å². The van der Waals surface area contributed by atoms with E-state index in [9.17, 15) is 4.79 Å². The van der Waals surface area contributed by atoms with E-state index in [1.807, 2.05) is 24.3 Å². The van der Waals surface area contributed by atoms with Crippen molar-refractivity contribution >= 4 is 11.6 Å². The van der Waals surface area contributed by atoms with Crippen LogP contribution >= 0.6 is 0 Å². The molecule has 5 nitrogen and oxygen atoms in total. The van der Waals surface area contributed by atoms with Crippen molar-refractivity contribution in [3.05, 3.63) is 89.0 Å². The summed E-state index contributed by atoms with van der Waals surface area (Å²) in [6.45, 7) is 0.709. The summed E-state index contributed by atoms with van der Waals surface area (Å²) in [5.41, 5.74) is 5.63. The number of rotatable bonds is 4. The average Bonchev–Trinajstić information content (AvgIpc) is 3.63. The zero-order valence-corrected chi connectivity index (χ0v) is 19.0. The number of nitrogens with one attached hydrogen (secondary N) is 2. The van der Waals surface area contributed by atoms with Crippen LogP contribution in [0.5, 0.6) is 11.5 Å². The highest BCUT2D eigenvalue weighted by molar-refractivity contribution is 5.95. The Labute approximate surface area is 199 Å². The lowest BCUT2D eigenvalue weighted by Gasteiger charge is -2.43. The second kappa shape index (κ2) is 7.79. The molecule has 2 bridgehead atoms. The zero-order chi connectivity index (χ0) is 22.6. The molecule has 5 atom stereocenters. The van der Waals surface area contributed by atoms with E-state index in [0.717, 1.165) is 34.5 Å². The maximum atomic E-state index is 13.1. The molecule has 172 valence electrons. The van der Waals surface area contributed by atoms with Crippen molar-refractivity contribution in [3.8, 4) is 11.5 Å². The van der Waals surface area contributed by atoms with Gasteiger partial charge >= 0.3 is 0 Å². The summed E-state index contributed by atoms with van der Waals surface area (Å²) >= 11 is 0.